The topological polar surface area (TPSA) is 70.9 Å². The number of aromatic nitrogens is 2. The quantitative estimate of drug-likeness (QED) is 0.845. The van der Waals surface area contributed by atoms with Crippen molar-refractivity contribution >= 4 is 5.82 Å². The first-order valence-electron chi connectivity index (χ1n) is 5.57. The van der Waals surface area contributed by atoms with E-state index < -0.39 is 0 Å². The summed E-state index contributed by atoms with van der Waals surface area (Å²) in [6.45, 7) is 4.36. The number of H-pyrrole nitrogens is 1. The zero-order valence-electron chi connectivity index (χ0n) is 9.91. The Morgan fingerprint density at radius 2 is 2.29 bits per heavy atom. The van der Waals surface area contributed by atoms with E-state index in [1.54, 1.807) is 0 Å². The zero-order chi connectivity index (χ0) is 12.3. The monoisotopic (exact) mass is 233 g/mol. The van der Waals surface area contributed by atoms with Gasteiger partial charge in [0.15, 0.2) is 0 Å². The van der Waals surface area contributed by atoms with Gasteiger partial charge >= 0.3 is 0 Å². The normalized spacial score (nSPS) is 10.5. The van der Waals surface area contributed by atoms with Crippen LogP contribution in [0.25, 0.3) is 0 Å². The van der Waals surface area contributed by atoms with Crippen LogP contribution >= 0.6 is 0 Å². The average molecular weight is 233 g/mol. The Labute approximate surface area is 98.9 Å². The zero-order valence-corrected chi connectivity index (χ0v) is 9.91. The third kappa shape index (κ3) is 2.96. The molecule has 0 unspecified atom stereocenters. The molecule has 2 aromatic rings. The Bertz CT molecular complexity index is 557. The number of hydrogen-bond acceptors (Lipinski definition) is 4. The van der Waals surface area contributed by atoms with E-state index in [2.05, 4.69) is 15.3 Å². The molecular weight excluding hydrogens is 218 g/mol. The fourth-order valence-corrected chi connectivity index (χ4v) is 1.52. The lowest BCUT2D eigenvalue weighted by Gasteiger charge is -2.04. The molecule has 0 aliphatic heterocycles. The number of aromatic amines is 1. The Morgan fingerprint density at radius 1 is 1.47 bits per heavy atom. The minimum Gasteiger partial charge on any atom is -0.465 e. The summed E-state index contributed by atoms with van der Waals surface area (Å²) >= 11 is 0. The van der Waals surface area contributed by atoms with Gasteiger partial charge in [-0.15, -0.1) is 0 Å². The van der Waals surface area contributed by atoms with Gasteiger partial charge in [0.25, 0.3) is 5.56 Å². The lowest BCUT2D eigenvalue weighted by atomic mass is 10.4. The van der Waals surface area contributed by atoms with Crippen LogP contribution < -0.4 is 10.9 Å². The molecule has 0 saturated carbocycles. The van der Waals surface area contributed by atoms with Crippen LogP contribution in [0.1, 0.15) is 24.3 Å². The van der Waals surface area contributed by atoms with E-state index in [-0.39, 0.29) is 5.56 Å². The number of aryl methyl sites for hydroxylation is 2. The molecule has 0 aliphatic carbocycles. The maximum atomic E-state index is 11.3. The molecular formula is C12H15N3O2. The van der Waals surface area contributed by atoms with Crippen molar-refractivity contribution in [2.45, 2.75) is 26.8 Å². The van der Waals surface area contributed by atoms with Crippen molar-refractivity contribution in [3.05, 3.63) is 45.9 Å². The molecule has 0 fully saturated rings. The van der Waals surface area contributed by atoms with Gasteiger partial charge in [0, 0.05) is 12.5 Å². The van der Waals surface area contributed by atoms with E-state index in [1.165, 1.54) is 6.07 Å². The van der Waals surface area contributed by atoms with Crippen LogP contribution in [-0.4, -0.2) is 9.97 Å². The second-order valence-electron chi connectivity index (χ2n) is 3.80. The summed E-state index contributed by atoms with van der Waals surface area (Å²) in [5, 5.41) is 3.06. The second-order valence-corrected chi connectivity index (χ2v) is 3.80. The molecule has 0 radical (unpaired) electrons. The van der Waals surface area contributed by atoms with Gasteiger partial charge in [-0.25, -0.2) is 4.98 Å². The highest BCUT2D eigenvalue weighted by Crippen LogP contribution is 2.08. The largest absolute Gasteiger partial charge is 0.465 e. The van der Waals surface area contributed by atoms with Gasteiger partial charge < -0.3 is 14.7 Å². The lowest BCUT2D eigenvalue weighted by Crippen LogP contribution is -2.13. The van der Waals surface area contributed by atoms with Gasteiger partial charge in [-0.1, -0.05) is 6.92 Å². The van der Waals surface area contributed by atoms with Crippen LogP contribution in [0.3, 0.4) is 0 Å². The third-order valence-corrected chi connectivity index (χ3v) is 2.37. The maximum Gasteiger partial charge on any atom is 0.252 e. The molecule has 0 atom stereocenters. The van der Waals surface area contributed by atoms with Crippen molar-refractivity contribution in [1.29, 1.82) is 0 Å². The minimum atomic E-state index is -0.144. The average Bonchev–Trinajstić information content (AvgIpc) is 2.72. The van der Waals surface area contributed by atoms with Crippen LogP contribution in [-0.2, 0) is 13.0 Å². The number of nitrogens with zero attached hydrogens (tertiary/aromatic N) is 1. The van der Waals surface area contributed by atoms with Gasteiger partial charge in [0.05, 0.1) is 6.54 Å². The molecule has 0 aromatic carbocycles. The first-order valence-corrected chi connectivity index (χ1v) is 5.57. The highest BCUT2D eigenvalue weighted by atomic mass is 16.3. The van der Waals surface area contributed by atoms with Crippen molar-refractivity contribution in [1.82, 2.24) is 9.97 Å². The molecule has 0 amide bonds. The van der Waals surface area contributed by atoms with E-state index in [4.69, 9.17) is 4.42 Å². The fourth-order valence-electron chi connectivity index (χ4n) is 1.52. The summed E-state index contributed by atoms with van der Waals surface area (Å²) in [6.07, 6.45) is 0.699. The molecule has 2 rings (SSSR count). The van der Waals surface area contributed by atoms with E-state index >= 15 is 0 Å². The van der Waals surface area contributed by atoms with E-state index in [0.29, 0.717) is 24.6 Å². The summed E-state index contributed by atoms with van der Waals surface area (Å²) < 4.78 is 5.42. The third-order valence-electron chi connectivity index (χ3n) is 2.37. The van der Waals surface area contributed by atoms with E-state index in [9.17, 15) is 4.79 Å². The number of rotatable bonds is 4. The fraction of sp³-hybridized carbons (Fsp3) is 0.333. The minimum absolute atomic E-state index is 0.144. The summed E-state index contributed by atoms with van der Waals surface area (Å²) in [7, 11) is 0. The Morgan fingerprint density at radius 3 is 2.94 bits per heavy atom. The SMILES string of the molecule is CCc1nc(NCc2ccc(C)o2)cc(=O)[nH]1. The molecule has 0 bridgehead atoms. The molecule has 2 heterocycles. The molecule has 0 spiro atoms. The summed E-state index contributed by atoms with van der Waals surface area (Å²) in [4.78, 5) is 18.3. The number of anilines is 1. The predicted molar refractivity (Wildman–Crippen MR) is 65.0 cm³/mol. The molecule has 0 saturated heterocycles. The lowest BCUT2D eigenvalue weighted by molar-refractivity contribution is 0.490. The molecule has 0 aliphatic rings. The van der Waals surface area contributed by atoms with E-state index in [1.807, 2.05) is 26.0 Å². The first kappa shape index (κ1) is 11.4. The smallest absolute Gasteiger partial charge is 0.252 e. The van der Waals surface area contributed by atoms with Gasteiger partial charge in [-0.3, -0.25) is 4.79 Å². The van der Waals surface area contributed by atoms with Crippen molar-refractivity contribution in [3.63, 3.8) is 0 Å². The van der Waals surface area contributed by atoms with Crippen LogP contribution in [0.5, 0.6) is 0 Å². The molecule has 2 aromatic heterocycles. The highest BCUT2D eigenvalue weighted by molar-refractivity contribution is 5.33. The molecule has 90 valence electrons. The van der Waals surface area contributed by atoms with Crippen molar-refractivity contribution in [2.24, 2.45) is 0 Å². The number of nitrogens with one attached hydrogen (secondary N) is 2. The van der Waals surface area contributed by atoms with Gasteiger partial charge in [-0.05, 0) is 19.1 Å². The van der Waals surface area contributed by atoms with Crippen LogP contribution in [0.15, 0.2) is 27.4 Å². The van der Waals surface area contributed by atoms with Crippen molar-refractivity contribution in [3.8, 4) is 0 Å². The van der Waals surface area contributed by atoms with Gasteiger partial charge in [0.1, 0.15) is 23.2 Å². The molecule has 17 heavy (non-hydrogen) atoms. The standard InChI is InChI=1S/C12H15N3O2/c1-3-10-14-11(6-12(16)15-10)13-7-9-5-4-8(2)17-9/h4-6H,3,7H2,1-2H3,(H2,13,14,15,16). The number of hydrogen-bond donors (Lipinski definition) is 2. The Kier molecular flexibility index (Phi) is 3.27. The Hall–Kier alpha value is -2.04. The van der Waals surface area contributed by atoms with Gasteiger partial charge in [-0.2, -0.15) is 0 Å². The molecule has 5 heteroatoms. The summed E-state index contributed by atoms with van der Waals surface area (Å²) in [5.74, 6) is 2.94. The maximum absolute atomic E-state index is 11.3. The van der Waals surface area contributed by atoms with Crippen molar-refractivity contribution in [2.75, 3.05) is 5.32 Å². The van der Waals surface area contributed by atoms with Crippen LogP contribution in [0, 0.1) is 6.92 Å². The van der Waals surface area contributed by atoms with Crippen LogP contribution in [0.4, 0.5) is 5.82 Å². The highest BCUT2D eigenvalue weighted by Gasteiger charge is 2.02. The Balaban J connectivity index is 2.08. The number of furan rings is 1. The molecule has 2 N–H and O–H groups in total. The second kappa shape index (κ2) is 4.86. The summed E-state index contributed by atoms with van der Waals surface area (Å²) in [5.41, 5.74) is -0.144. The molecule has 5 nitrogen and oxygen atoms in total. The predicted octanol–water partition coefficient (Wildman–Crippen LogP) is 1.85. The van der Waals surface area contributed by atoms with E-state index in [0.717, 1.165) is 11.5 Å². The van der Waals surface area contributed by atoms with Crippen molar-refractivity contribution < 1.29 is 4.42 Å². The first-order chi connectivity index (χ1) is 8.17. The van der Waals surface area contributed by atoms with Gasteiger partial charge in [0.2, 0.25) is 0 Å². The van der Waals surface area contributed by atoms with Crippen LogP contribution in [0.2, 0.25) is 0 Å². The summed E-state index contributed by atoms with van der Waals surface area (Å²) in [6, 6.07) is 5.24.